The third kappa shape index (κ3) is 9.94. The lowest BCUT2D eigenvalue weighted by atomic mass is 10.1. The van der Waals surface area contributed by atoms with Gasteiger partial charge in [0.15, 0.2) is 5.75 Å². The molecule has 1 aliphatic heterocycles. The number of benzene rings is 4. The van der Waals surface area contributed by atoms with Gasteiger partial charge in [-0.15, -0.1) is 0 Å². The number of hydrogen-bond donors (Lipinski definition) is 0. The van der Waals surface area contributed by atoms with E-state index in [9.17, 15) is 4.79 Å². The number of halogens is 2. The Balaban J connectivity index is 0.937. The summed E-state index contributed by atoms with van der Waals surface area (Å²) in [6, 6.07) is 29.7. The number of pyridine rings is 1. The third-order valence-corrected chi connectivity index (χ3v) is 9.90. The topological polar surface area (TPSA) is 64.1 Å². The van der Waals surface area contributed by atoms with Crippen molar-refractivity contribution in [3.63, 3.8) is 0 Å². The van der Waals surface area contributed by atoms with Gasteiger partial charge in [0.05, 0.1) is 17.8 Å². The number of hydrogen-bond acceptors (Lipinski definition) is 6. The van der Waals surface area contributed by atoms with E-state index in [0.29, 0.717) is 53.7 Å². The van der Waals surface area contributed by atoms with E-state index < -0.39 is 0 Å². The summed E-state index contributed by atoms with van der Waals surface area (Å²) in [6.07, 6.45) is 5.88. The van der Waals surface area contributed by atoms with E-state index in [2.05, 4.69) is 54.1 Å². The first-order valence-electron chi connectivity index (χ1n) is 17.5. The number of ether oxygens (including phenoxy) is 3. The molecule has 6 rings (SSSR count). The highest BCUT2D eigenvalue weighted by molar-refractivity contribution is 6.32. The zero-order chi connectivity index (χ0) is 36.5. The Morgan fingerprint density at radius 3 is 2.31 bits per heavy atom. The van der Waals surface area contributed by atoms with Gasteiger partial charge in [0, 0.05) is 61.9 Å². The lowest BCUT2D eigenvalue weighted by molar-refractivity contribution is -0.127. The second-order valence-corrected chi connectivity index (χ2v) is 13.8. The van der Waals surface area contributed by atoms with Gasteiger partial charge in [-0.25, -0.2) is 4.98 Å². The molecule has 52 heavy (non-hydrogen) atoms. The molecule has 0 bridgehead atoms. The highest BCUT2D eigenvalue weighted by Gasteiger charge is 2.20. The van der Waals surface area contributed by atoms with Crippen molar-refractivity contribution in [2.75, 3.05) is 32.8 Å². The Bertz CT molecular complexity index is 1980. The summed E-state index contributed by atoms with van der Waals surface area (Å²) in [7, 11) is 0. The highest BCUT2D eigenvalue weighted by Crippen LogP contribution is 2.34. The van der Waals surface area contributed by atoms with Gasteiger partial charge in [0.2, 0.25) is 11.8 Å². The second-order valence-electron chi connectivity index (χ2n) is 13.0. The SMILES string of the molecule is Cc1cccc(OCCc2ccc(CN3CCN(C(=O)/C=C/c4cc(C)c(Oc5ccc(OCc6ccccc6Cl)cn5)c(Cl)c4)CC3)cc2)c1C. The minimum atomic E-state index is -0.0118. The van der Waals surface area contributed by atoms with Crippen LogP contribution in [0.1, 0.15) is 38.9 Å². The van der Waals surface area contributed by atoms with Crippen molar-refractivity contribution < 1.29 is 19.0 Å². The van der Waals surface area contributed by atoms with Crippen molar-refractivity contribution in [3.8, 4) is 23.1 Å². The van der Waals surface area contributed by atoms with E-state index in [1.165, 1.54) is 22.3 Å². The summed E-state index contributed by atoms with van der Waals surface area (Å²) in [4.78, 5) is 21.7. The molecule has 268 valence electrons. The Morgan fingerprint density at radius 2 is 1.58 bits per heavy atom. The van der Waals surface area contributed by atoms with E-state index in [-0.39, 0.29) is 5.91 Å². The normalized spacial score (nSPS) is 13.4. The Kier molecular flexibility index (Phi) is 12.5. The molecular formula is C43H43Cl2N3O4. The molecule has 7 nitrogen and oxygen atoms in total. The van der Waals surface area contributed by atoms with Crippen molar-refractivity contribution >= 4 is 35.2 Å². The summed E-state index contributed by atoms with van der Waals surface area (Å²) < 4.78 is 17.9. The van der Waals surface area contributed by atoms with Crippen LogP contribution in [-0.4, -0.2) is 53.5 Å². The quantitative estimate of drug-likeness (QED) is 0.112. The lowest BCUT2D eigenvalue weighted by Gasteiger charge is -2.34. The average Bonchev–Trinajstić information content (AvgIpc) is 3.15. The molecule has 0 radical (unpaired) electrons. The summed E-state index contributed by atoms with van der Waals surface area (Å²) in [5.41, 5.74) is 7.51. The predicted molar refractivity (Wildman–Crippen MR) is 209 cm³/mol. The smallest absolute Gasteiger partial charge is 0.246 e. The molecule has 0 N–H and O–H groups in total. The zero-order valence-corrected chi connectivity index (χ0v) is 31.3. The van der Waals surface area contributed by atoms with Crippen molar-refractivity contribution in [2.24, 2.45) is 0 Å². The Labute approximate surface area is 316 Å². The summed E-state index contributed by atoms with van der Waals surface area (Å²) in [5, 5.41) is 1.09. The van der Waals surface area contributed by atoms with Crippen molar-refractivity contribution in [1.82, 2.24) is 14.8 Å². The molecule has 0 aliphatic carbocycles. The van der Waals surface area contributed by atoms with E-state index in [1.54, 1.807) is 36.5 Å². The Hall–Kier alpha value is -4.82. The predicted octanol–water partition coefficient (Wildman–Crippen LogP) is 9.66. The summed E-state index contributed by atoms with van der Waals surface area (Å²) >= 11 is 12.8. The maximum Gasteiger partial charge on any atom is 0.246 e. The minimum Gasteiger partial charge on any atom is -0.493 e. The van der Waals surface area contributed by atoms with Crippen LogP contribution in [0.15, 0.2) is 103 Å². The van der Waals surface area contributed by atoms with Crippen molar-refractivity contribution in [1.29, 1.82) is 0 Å². The molecule has 0 spiro atoms. The van der Waals surface area contributed by atoms with E-state index in [0.717, 1.165) is 48.5 Å². The largest absolute Gasteiger partial charge is 0.493 e. The molecule has 1 saturated heterocycles. The molecule has 1 aromatic heterocycles. The lowest BCUT2D eigenvalue weighted by Crippen LogP contribution is -2.47. The molecule has 5 aromatic rings. The third-order valence-electron chi connectivity index (χ3n) is 9.25. The summed E-state index contributed by atoms with van der Waals surface area (Å²) in [6.45, 7) is 11.0. The standard InChI is InChI=1S/C43H43Cl2N3O4/c1-30-7-6-10-40(32(30)3)50-24-19-33-11-13-34(14-12-33)28-47-20-22-48(23-21-47)42(49)18-15-35-25-31(2)43(39(45)26-35)52-41-17-16-37(27-46-41)51-29-36-8-4-5-9-38(36)44/h4-18,25-27H,19-24,28-29H2,1-3H3/b18-15+. The van der Waals surface area contributed by atoms with Gasteiger partial charge in [-0.05, 0) is 90.6 Å². The first-order valence-corrected chi connectivity index (χ1v) is 18.2. The number of aryl methyl sites for hydroxylation is 2. The fourth-order valence-electron chi connectivity index (χ4n) is 6.00. The molecule has 1 fully saturated rings. The molecule has 0 unspecified atom stereocenters. The van der Waals surface area contributed by atoms with Gasteiger partial charge in [-0.2, -0.15) is 0 Å². The molecule has 1 aliphatic rings. The molecule has 0 atom stereocenters. The molecular weight excluding hydrogens is 693 g/mol. The fourth-order valence-corrected chi connectivity index (χ4v) is 6.51. The van der Waals surface area contributed by atoms with Gasteiger partial charge in [-0.3, -0.25) is 9.69 Å². The van der Waals surface area contributed by atoms with Crippen LogP contribution in [0.25, 0.3) is 6.08 Å². The maximum absolute atomic E-state index is 13.1. The number of rotatable bonds is 13. The van der Waals surface area contributed by atoms with Gasteiger partial charge < -0.3 is 19.1 Å². The number of carbonyl (C=O) groups is 1. The van der Waals surface area contributed by atoms with Gasteiger partial charge in [-0.1, -0.05) is 77.8 Å². The summed E-state index contributed by atoms with van der Waals surface area (Å²) in [5.74, 6) is 2.44. The maximum atomic E-state index is 13.1. The molecule has 0 saturated carbocycles. The number of piperazine rings is 1. The average molecular weight is 737 g/mol. The van der Waals surface area contributed by atoms with Gasteiger partial charge in [0.25, 0.3) is 0 Å². The molecule has 9 heteroatoms. The Morgan fingerprint density at radius 1 is 0.808 bits per heavy atom. The van der Waals surface area contributed by atoms with Crippen LogP contribution in [0.2, 0.25) is 10.0 Å². The van der Waals surface area contributed by atoms with Crippen LogP contribution in [0.4, 0.5) is 0 Å². The minimum absolute atomic E-state index is 0.0118. The van der Waals surface area contributed by atoms with E-state index in [4.69, 9.17) is 37.4 Å². The highest BCUT2D eigenvalue weighted by atomic mass is 35.5. The first kappa shape index (κ1) is 37.0. The number of amides is 1. The van der Waals surface area contributed by atoms with Crippen LogP contribution in [0, 0.1) is 20.8 Å². The zero-order valence-electron chi connectivity index (χ0n) is 29.8. The van der Waals surface area contributed by atoms with E-state index >= 15 is 0 Å². The van der Waals surface area contributed by atoms with Gasteiger partial charge >= 0.3 is 0 Å². The van der Waals surface area contributed by atoms with Crippen LogP contribution >= 0.6 is 23.2 Å². The monoisotopic (exact) mass is 735 g/mol. The molecule has 2 heterocycles. The van der Waals surface area contributed by atoms with Crippen LogP contribution in [0.5, 0.6) is 23.1 Å². The second kappa shape index (κ2) is 17.6. The van der Waals surface area contributed by atoms with Crippen LogP contribution in [0.3, 0.4) is 0 Å². The first-order chi connectivity index (χ1) is 25.2. The molecule has 1 amide bonds. The van der Waals surface area contributed by atoms with Crippen molar-refractivity contribution in [2.45, 2.75) is 40.3 Å². The van der Waals surface area contributed by atoms with Crippen LogP contribution < -0.4 is 14.2 Å². The van der Waals surface area contributed by atoms with Crippen molar-refractivity contribution in [3.05, 3.63) is 152 Å². The fraction of sp³-hybridized carbons (Fsp3) is 0.256. The van der Waals surface area contributed by atoms with Gasteiger partial charge in [0.1, 0.15) is 18.1 Å². The number of aromatic nitrogens is 1. The van der Waals surface area contributed by atoms with Crippen LogP contribution in [-0.2, 0) is 24.4 Å². The van der Waals surface area contributed by atoms with E-state index in [1.807, 2.05) is 54.3 Å². The number of nitrogens with zero attached hydrogens (tertiary/aromatic N) is 3. The molecule has 4 aromatic carbocycles. The number of carbonyl (C=O) groups excluding carboxylic acids is 1.